The highest BCUT2D eigenvalue weighted by atomic mass is 16.6. The number of esters is 4. The van der Waals surface area contributed by atoms with E-state index in [4.69, 9.17) is 18.9 Å². The summed E-state index contributed by atoms with van der Waals surface area (Å²) in [6.45, 7) is 6.05. The van der Waals surface area contributed by atoms with Crippen molar-refractivity contribution < 1.29 is 38.1 Å². The van der Waals surface area contributed by atoms with E-state index >= 15 is 0 Å². The lowest BCUT2D eigenvalue weighted by Crippen LogP contribution is -2.55. The molecule has 0 unspecified atom stereocenters. The van der Waals surface area contributed by atoms with Crippen LogP contribution in [-0.4, -0.2) is 43.7 Å². The number of rotatable bonds is 4. The van der Waals surface area contributed by atoms with Crippen molar-refractivity contribution in [1.29, 1.82) is 0 Å². The first-order chi connectivity index (χ1) is 12.0. The molecule has 0 heterocycles. The van der Waals surface area contributed by atoms with Crippen LogP contribution in [0.4, 0.5) is 0 Å². The first-order valence-electron chi connectivity index (χ1n) is 8.01. The normalized spacial score (nSPS) is 25.9. The predicted octanol–water partition coefficient (Wildman–Crippen LogP) is 1.44. The topological polar surface area (TPSA) is 105 Å². The Labute approximate surface area is 151 Å². The summed E-state index contributed by atoms with van der Waals surface area (Å²) in [4.78, 5) is 48.4. The van der Waals surface area contributed by atoms with Gasteiger partial charge >= 0.3 is 23.9 Å². The Kier molecular flexibility index (Phi) is 4.98. The van der Waals surface area contributed by atoms with Gasteiger partial charge in [0.05, 0.1) is 31.3 Å². The molecule has 0 N–H and O–H groups in total. The van der Waals surface area contributed by atoms with Crippen molar-refractivity contribution in [2.75, 3.05) is 14.2 Å². The number of fused-ring (bicyclic) bond motifs is 1. The van der Waals surface area contributed by atoms with E-state index in [2.05, 4.69) is 0 Å². The van der Waals surface area contributed by atoms with E-state index in [1.165, 1.54) is 27.0 Å². The Morgan fingerprint density at radius 1 is 1.00 bits per heavy atom. The minimum absolute atomic E-state index is 0.0319. The van der Waals surface area contributed by atoms with Gasteiger partial charge in [-0.3, -0.25) is 9.59 Å². The fourth-order valence-corrected chi connectivity index (χ4v) is 3.94. The maximum Gasteiger partial charge on any atom is 0.338 e. The fourth-order valence-electron chi connectivity index (χ4n) is 3.94. The number of ether oxygens (including phenoxy) is 4. The van der Waals surface area contributed by atoms with Gasteiger partial charge in [0, 0.05) is 26.3 Å². The van der Waals surface area contributed by atoms with Gasteiger partial charge < -0.3 is 18.9 Å². The van der Waals surface area contributed by atoms with Crippen LogP contribution in [0.1, 0.15) is 34.1 Å². The Hall–Kier alpha value is -2.64. The van der Waals surface area contributed by atoms with Gasteiger partial charge in [-0.05, 0) is 5.41 Å². The summed E-state index contributed by atoms with van der Waals surface area (Å²) in [5.74, 6) is -3.44. The third-order valence-corrected chi connectivity index (χ3v) is 4.52. The number of hydrogen-bond acceptors (Lipinski definition) is 8. The van der Waals surface area contributed by atoms with Gasteiger partial charge in [-0.1, -0.05) is 13.8 Å². The average molecular weight is 366 g/mol. The average Bonchev–Trinajstić information content (AvgIpc) is 2.49. The molecular weight excluding hydrogens is 344 g/mol. The number of hydrogen-bond donors (Lipinski definition) is 0. The first kappa shape index (κ1) is 19.7. The second-order valence-corrected chi connectivity index (χ2v) is 6.99. The Morgan fingerprint density at radius 2 is 1.58 bits per heavy atom. The third kappa shape index (κ3) is 3.11. The number of carbonyl (C=O) groups excluding carboxylic acids is 4. The van der Waals surface area contributed by atoms with Gasteiger partial charge in [-0.2, -0.15) is 0 Å². The summed E-state index contributed by atoms with van der Waals surface area (Å²) >= 11 is 0. The molecule has 8 heteroatoms. The summed E-state index contributed by atoms with van der Waals surface area (Å²) in [7, 11) is 2.34. The van der Waals surface area contributed by atoms with Crippen LogP contribution in [0, 0.1) is 11.3 Å². The monoisotopic (exact) mass is 366 g/mol. The largest absolute Gasteiger partial charge is 0.466 e. The summed E-state index contributed by atoms with van der Waals surface area (Å²) < 4.78 is 20.5. The lowest BCUT2D eigenvalue weighted by molar-refractivity contribution is -0.160. The molecule has 0 aromatic carbocycles. The van der Waals surface area contributed by atoms with Crippen molar-refractivity contribution in [2.45, 2.75) is 39.7 Å². The van der Waals surface area contributed by atoms with Crippen molar-refractivity contribution in [2.24, 2.45) is 11.3 Å². The van der Waals surface area contributed by atoms with Crippen LogP contribution in [-0.2, 0) is 38.1 Å². The molecule has 2 atom stereocenters. The van der Waals surface area contributed by atoms with E-state index < -0.39 is 40.8 Å². The summed E-state index contributed by atoms with van der Waals surface area (Å²) in [5.41, 5.74) is -2.40. The zero-order valence-electron chi connectivity index (χ0n) is 15.6. The van der Waals surface area contributed by atoms with E-state index in [-0.39, 0.29) is 23.3 Å². The Bertz CT molecular complexity index is 742. The maximum atomic E-state index is 12.5. The highest BCUT2D eigenvalue weighted by Gasteiger charge is 2.61. The summed E-state index contributed by atoms with van der Waals surface area (Å²) in [6, 6.07) is 0. The highest BCUT2D eigenvalue weighted by Crippen LogP contribution is 2.58. The maximum absolute atomic E-state index is 12.5. The molecule has 26 heavy (non-hydrogen) atoms. The van der Waals surface area contributed by atoms with Gasteiger partial charge in [0.15, 0.2) is 5.60 Å². The highest BCUT2D eigenvalue weighted by molar-refractivity contribution is 6.04. The quantitative estimate of drug-likeness (QED) is 0.544. The molecule has 0 spiro atoms. The van der Waals surface area contributed by atoms with E-state index in [1.807, 2.05) is 13.8 Å². The molecule has 0 aliphatic heterocycles. The second kappa shape index (κ2) is 6.59. The van der Waals surface area contributed by atoms with E-state index in [9.17, 15) is 19.2 Å². The lowest BCUT2D eigenvalue weighted by atomic mass is 9.55. The molecule has 142 valence electrons. The van der Waals surface area contributed by atoms with Gasteiger partial charge in [-0.15, -0.1) is 0 Å². The van der Waals surface area contributed by atoms with Crippen molar-refractivity contribution in [3.63, 3.8) is 0 Å². The smallest absolute Gasteiger partial charge is 0.338 e. The molecule has 3 aliphatic carbocycles. The molecule has 0 amide bonds. The molecule has 8 nitrogen and oxygen atoms in total. The zero-order valence-corrected chi connectivity index (χ0v) is 15.6. The van der Waals surface area contributed by atoms with Gasteiger partial charge in [0.25, 0.3) is 0 Å². The van der Waals surface area contributed by atoms with Crippen molar-refractivity contribution in [3.05, 3.63) is 23.0 Å². The van der Waals surface area contributed by atoms with E-state index in [1.54, 1.807) is 0 Å². The SMILES string of the molecule is COC(=O)C1=C(C(=O)OC)[C@@]2(OC(C)=O)C=C(OC(C)=O)[C@@H]1C(C)(C)C2. The standard InChI is InChI=1S/C18H22O8/c1-9(19)25-11-7-18(26-10(2)20)8-17(3,4)13(11)12(15(21)23-5)14(18)16(22)24-6/h7,13H,8H2,1-6H3/t13-,18+/m0/s1. The van der Waals surface area contributed by atoms with Gasteiger partial charge in [-0.25, -0.2) is 9.59 Å². The lowest BCUT2D eigenvalue weighted by Gasteiger charge is -2.52. The van der Waals surface area contributed by atoms with Crippen LogP contribution >= 0.6 is 0 Å². The summed E-state index contributed by atoms with van der Waals surface area (Å²) in [5, 5.41) is 0. The Balaban J connectivity index is 2.84. The first-order valence-corrected chi connectivity index (χ1v) is 8.01. The molecule has 0 saturated heterocycles. The van der Waals surface area contributed by atoms with Crippen LogP contribution in [0.3, 0.4) is 0 Å². The van der Waals surface area contributed by atoms with Crippen LogP contribution in [0.15, 0.2) is 23.0 Å². The van der Waals surface area contributed by atoms with Crippen molar-refractivity contribution >= 4 is 23.9 Å². The molecule has 0 saturated carbocycles. The molecule has 0 fully saturated rings. The molecule has 3 aliphatic rings. The van der Waals surface area contributed by atoms with Gasteiger partial charge in [0.2, 0.25) is 0 Å². The predicted molar refractivity (Wildman–Crippen MR) is 87.3 cm³/mol. The summed E-state index contributed by atoms with van der Waals surface area (Å²) in [6.07, 6.45) is 1.62. The van der Waals surface area contributed by atoms with Gasteiger partial charge in [0.1, 0.15) is 5.76 Å². The van der Waals surface area contributed by atoms with Crippen molar-refractivity contribution in [3.8, 4) is 0 Å². The molecule has 0 aromatic heterocycles. The van der Waals surface area contributed by atoms with Crippen LogP contribution in [0.5, 0.6) is 0 Å². The minimum Gasteiger partial charge on any atom is -0.466 e. The van der Waals surface area contributed by atoms with Crippen LogP contribution in [0.2, 0.25) is 0 Å². The molecule has 2 bridgehead atoms. The minimum atomic E-state index is -1.59. The van der Waals surface area contributed by atoms with Crippen molar-refractivity contribution in [1.82, 2.24) is 0 Å². The van der Waals surface area contributed by atoms with E-state index in [0.717, 1.165) is 7.11 Å². The second-order valence-electron chi connectivity index (χ2n) is 6.99. The molecule has 0 radical (unpaired) electrons. The number of allylic oxidation sites excluding steroid dienone is 1. The zero-order chi connectivity index (χ0) is 19.9. The molecule has 0 aromatic rings. The Morgan fingerprint density at radius 3 is 2.04 bits per heavy atom. The van der Waals surface area contributed by atoms with Crippen LogP contribution in [0.25, 0.3) is 0 Å². The van der Waals surface area contributed by atoms with E-state index in [0.29, 0.717) is 0 Å². The molecular formula is C18H22O8. The molecule has 3 rings (SSSR count). The fraction of sp³-hybridized carbons (Fsp3) is 0.556. The third-order valence-electron chi connectivity index (χ3n) is 4.52. The number of carbonyl (C=O) groups is 4. The number of methoxy groups -OCH3 is 2. The van der Waals surface area contributed by atoms with Crippen LogP contribution < -0.4 is 0 Å².